The van der Waals surface area contributed by atoms with Crippen LogP contribution >= 0.6 is 0 Å². The molecule has 40 heavy (non-hydrogen) atoms. The molecular weight excluding hydrogens is 516 g/mol. The summed E-state index contributed by atoms with van der Waals surface area (Å²) in [6, 6.07) is 0. The van der Waals surface area contributed by atoms with Crippen molar-refractivity contribution in [1.82, 2.24) is 5.32 Å². The average Bonchev–Trinajstić information content (AvgIpc) is 2.88. The van der Waals surface area contributed by atoms with Gasteiger partial charge in [-0.1, -0.05) is 45.1 Å². The Kier molecular flexibility index (Phi) is 12.2. The number of amides is 2. The van der Waals surface area contributed by atoms with Crippen LogP contribution in [0.1, 0.15) is 41.0 Å². The number of carbonyl (C=O) groups excluding carboxylic acids is 4. The normalized spacial score (nSPS) is 31.0. The van der Waals surface area contributed by atoms with Crippen molar-refractivity contribution >= 4 is 23.6 Å². The first-order chi connectivity index (χ1) is 18.8. The number of allylic oxidation sites excluding steroid dienone is 5. The van der Waals surface area contributed by atoms with E-state index in [4.69, 9.17) is 24.7 Å². The molecule has 7 atom stereocenters. The van der Waals surface area contributed by atoms with Crippen LogP contribution in [0.2, 0.25) is 0 Å². The molecule has 0 saturated heterocycles. The number of Topliss-reactive ketones (excluding diaryl/α,β-unsaturated/α-hetero) is 1. The number of carbonyl (C=O) groups is 4. The molecule has 0 saturated carbocycles. The molecule has 0 aromatic rings. The molecule has 220 valence electrons. The number of methoxy groups -OCH3 is 3. The number of rotatable bonds is 4. The fourth-order valence-electron chi connectivity index (χ4n) is 5.27. The molecule has 2 rings (SSSR count). The van der Waals surface area contributed by atoms with Gasteiger partial charge < -0.3 is 30.0 Å². The first-order valence-electron chi connectivity index (χ1n) is 13.3. The Balaban J connectivity index is 2.62. The summed E-state index contributed by atoms with van der Waals surface area (Å²) >= 11 is 0. The van der Waals surface area contributed by atoms with Gasteiger partial charge in [-0.3, -0.25) is 14.4 Å². The van der Waals surface area contributed by atoms with E-state index in [0.29, 0.717) is 12.0 Å². The molecule has 1 aliphatic heterocycles. The molecule has 0 aromatic heterocycles. The third-order valence-corrected chi connectivity index (χ3v) is 7.29. The number of primary amides is 1. The third kappa shape index (κ3) is 8.33. The van der Waals surface area contributed by atoms with E-state index in [-0.39, 0.29) is 29.0 Å². The fraction of sp³-hybridized carbons (Fsp3) is 0.533. The summed E-state index contributed by atoms with van der Waals surface area (Å²) in [5, 5.41) is 2.56. The van der Waals surface area contributed by atoms with Crippen LogP contribution in [0.5, 0.6) is 0 Å². The second kappa shape index (κ2) is 14.9. The molecule has 0 spiro atoms. The number of ketones is 2. The van der Waals surface area contributed by atoms with Crippen molar-refractivity contribution in [1.29, 1.82) is 0 Å². The number of hydrogen-bond acceptors (Lipinski definition) is 8. The Bertz CT molecular complexity index is 1130. The lowest BCUT2D eigenvalue weighted by Crippen LogP contribution is -2.40. The van der Waals surface area contributed by atoms with Crippen molar-refractivity contribution in [2.24, 2.45) is 23.5 Å². The van der Waals surface area contributed by atoms with Crippen LogP contribution in [0.15, 0.2) is 58.9 Å². The van der Waals surface area contributed by atoms with E-state index < -0.39 is 48.0 Å². The standard InChI is InChI=1S/C30H42N2O8/c1-16-10-9-11-17(2)29(35)32-23-15-21(33)14-22(25(23)34)27(38-7)20(5)13-24(37-6)28(39-8)19(4)12-18(3)26(16)40-30(31)36/h9-12,14-16,19-20,24,26-28H,13H2,1-8H3,(H2,31,36)(H,32,35). The van der Waals surface area contributed by atoms with Crippen LogP contribution in [0.25, 0.3) is 0 Å². The van der Waals surface area contributed by atoms with E-state index in [0.717, 1.165) is 11.6 Å². The van der Waals surface area contributed by atoms with Crippen LogP contribution in [-0.4, -0.2) is 69.3 Å². The van der Waals surface area contributed by atoms with Gasteiger partial charge in [0, 0.05) is 50.4 Å². The second-order valence-electron chi connectivity index (χ2n) is 10.4. The quantitative estimate of drug-likeness (QED) is 0.395. The number of nitrogens with one attached hydrogen (secondary N) is 1. The monoisotopic (exact) mass is 558 g/mol. The Morgan fingerprint density at radius 3 is 2.20 bits per heavy atom. The molecule has 2 aliphatic rings. The smallest absolute Gasteiger partial charge is 0.405 e. The number of nitrogens with two attached hydrogens (primary N) is 1. The summed E-state index contributed by atoms with van der Waals surface area (Å²) < 4.78 is 22.9. The van der Waals surface area contributed by atoms with E-state index in [1.54, 1.807) is 39.4 Å². The van der Waals surface area contributed by atoms with Gasteiger partial charge in [0.05, 0.1) is 24.0 Å². The van der Waals surface area contributed by atoms with Crippen LogP contribution < -0.4 is 11.1 Å². The molecule has 10 nitrogen and oxygen atoms in total. The molecule has 2 amide bonds. The summed E-state index contributed by atoms with van der Waals surface area (Å²) in [5.41, 5.74) is 6.49. The van der Waals surface area contributed by atoms with Gasteiger partial charge in [0.1, 0.15) is 6.10 Å². The highest BCUT2D eigenvalue weighted by atomic mass is 16.6. The zero-order valence-electron chi connectivity index (χ0n) is 24.6. The van der Waals surface area contributed by atoms with Gasteiger partial charge in [-0.15, -0.1) is 0 Å². The van der Waals surface area contributed by atoms with Gasteiger partial charge in [-0.25, -0.2) is 4.79 Å². The summed E-state index contributed by atoms with van der Waals surface area (Å²) in [5.74, 6) is -2.19. The fourth-order valence-corrected chi connectivity index (χ4v) is 5.27. The van der Waals surface area contributed by atoms with Crippen molar-refractivity contribution in [3.8, 4) is 0 Å². The number of fused-ring (bicyclic) bond motifs is 2. The maximum Gasteiger partial charge on any atom is 0.405 e. The maximum absolute atomic E-state index is 13.4. The molecule has 3 N–H and O–H groups in total. The SMILES string of the molecule is COC1CC(C)C(OC)C2=CC(=O)C=C(NC(=O)C(C)=CC=CC(C)C(OC(N)=O)C(C)=CC(C)C1OC)C2=O. The lowest BCUT2D eigenvalue weighted by atomic mass is 9.83. The Morgan fingerprint density at radius 1 is 0.950 bits per heavy atom. The molecule has 1 aliphatic carbocycles. The summed E-state index contributed by atoms with van der Waals surface area (Å²) in [4.78, 5) is 50.5. The largest absolute Gasteiger partial charge is 0.441 e. The van der Waals surface area contributed by atoms with Crippen LogP contribution in [0.4, 0.5) is 4.79 Å². The van der Waals surface area contributed by atoms with E-state index in [2.05, 4.69) is 5.32 Å². The molecule has 0 radical (unpaired) electrons. The van der Waals surface area contributed by atoms with Gasteiger partial charge in [0.2, 0.25) is 5.78 Å². The van der Waals surface area contributed by atoms with Gasteiger partial charge in [0.25, 0.3) is 5.91 Å². The van der Waals surface area contributed by atoms with Crippen molar-refractivity contribution in [2.75, 3.05) is 21.3 Å². The first-order valence-corrected chi connectivity index (χ1v) is 13.3. The number of hydrogen-bond donors (Lipinski definition) is 2. The molecular formula is C30H42N2O8. The Morgan fingerprint density at radius 2 is 1.62 bits per heavy atom. The van der Waals surface area contributed by atoms with Crippen LogP contribution in [-0.2, 0) is 33.3 Å². The highest BCUT2D eigenvalue weighted by Gasteiger charge is 2.36. The van der Waals surface area contributed by atoms with Gasteiger partial charge >= 0.3 is 6.09 Å². The highest BCUT2D eigenvalue weighted by Crippen LogP contribution is 2.30. The Hall–Kier alpha value is -3.34. The summed E-state index contributed by atoms with van der Waals surface area (Å²) in [6.07, 6.45) is 6.65. The zero-order valence-corrected chi connectivity index (χ0v) is 24.6. The topological polar surface area (TPSA) is 143 Å². The van der Waals surface area contributed by atoms with E-state index >= 15 is 0 Å². The van der Waals surface area contributed by atoms with E-state index in [1.807, 2.05) is 33.8 Å². The second-order valence-corrected chi connectivity index (χ2v) is 10.4. The average molecular weight is 559 g/mol. The lowest BCUT2D eigenvalue weighted by Gasteiger charge is -2.34. The van der Waals surface area contributed by atoms with Gasteiger partial charge in [-0.2, -0.15) is 0 Å². The third-order valence-electron chi connectivity index (χ3n) is 7.29. The molecule has 10 heteroatoms. The van der Waals surface area contributed by atoms with E-state index in [9.17, 15) is 19.2 Å². The zero-order chi connectivity index (χ0) is 30.1. The minimum atomic E-state index is -0.902. The lowest BCUT2D eigenvalue weighted by molar-refractivity contribution is -0.120. The van der Waals surface area contributed by atoms with E-state index in [1.165, 1.54) is 13.2 Å². The minimum Gasteiger partial charge on any atom is -0.441 e. The van der Waals surface area contributed by atoms with Crippen LogP contribution in [0, 0.1) is 17.8 Å². The van der Waals surface area contributed by atoms with Crippen molar-refractivity contribution < 1.29 is 38.1 Å². The number of ether oxygens (including phenoxy) is 4. The molecule has 0 aromatic carbocycles. The van der Waals surface area contributed by atoms with Crippen molar-refractivity contribution in [3.05, 3.63) is 58.9 Å². The van der Waals surface area contributed by atoms with Crippen LogP contribution in [0.3, 0.4) is 0 Å². The summed E-state index contributed by atoms with van der Waals surface area (Å²) in [7, 11) is 4.64. The summed E-state index contributed by atoms with van der Waals surface area (Å²) in [6.45, 7) is 9.17. The van der Waals surface area contributed by atoms with Gasteiger partial charge in [-0.05, 0) is 37.8 Å². The Labute approximate surface area is 236 Å². The molecule has 1 heterocycles. The molecule has 2 bridgehead atoms. The minimum absolute atomic E-state index is 0.119. The predicted octanol–water partition coefficient (Wildman–Crippen LogP) is 3.33. The molecule has 0 fully saturated rings. The maximum atomic E-state index is 13.4. The molecule has 7 unspecified atom stereocenters. The van der Waals surface area contributed by atoms with Crippen molar-refractivity contribution in [3.63, 3.8) is 0 Å². The highest BCUT2D eigenvalue weighted by molar-refractivity contribution is 6.22. The van der Waals surface area contributed by atoms with Gasteiger partial charge in [0.15, 0.2) is 5.78 Å². The first kappa shape index (κ1) is 32.9. The predicted molar refractivity (Wildman–Crippen MR) is 150 cm³/mol. The van der Waals surface area contributed by atoms with Crippen molar-refractivity contribution in [2.45, 2.75) is 65.5 Å².